The van der Waals surface area contributed by atoms with Crippen molar-refractivity contribution in [2.24, 2.45) is 17.6 Å². The molecule has 1 fully saturated rings. The highest BCUT2D eigenvalue weighted by Gasteiger charge is 2.34. The van der Waals surface area contributed by atoms with Gasteiger partial charge in [0, 0.05) is 36.2 Å². The van der Waals surface area contributed by atoms with Gasteiger partial charge in [-0.1, -0.05) is 43.3 Å². The van der Waals surface area contributed by atoms with Crippen molar-refractivity contribution in [3.63, 3.8) is 0 Å². The van der Waals surface area contributed by atoms with Crippen LogP contribution in [0.15, 0.2) is 48.5 Å². The molecule has 0 bridgehead atoms. The fraction of sp³-hybridized carbons (Fsp3) is 0.440. The number of ketones is 1. The number of carbonyl (C=O) groups excluding carboxylic acids is 2. The van der Waals surface area contributed by atoms with E-state index >= 15 is 0 Å². The molecule has 3 atom stereocenters. The summed E-state index contributed by atoms with van der Waals surface area (Å²) in [6, 6.07) is 15.8. The van der Waals surface area contributed by atoms with Crippen LogP contribution in [0.3, 0.4) is 0 Å². The van der Waals surface area contributed by atoms with Crippen LogP contribution in [0.4, 0.5) is 0 Å². The van der Waals surface area contributed by atoms with Crippen LogP contribution >= 0.6 is 0 Å². The van der Waals surface area contributed by atoms with E-state index in [-0.39, 0.29) is 29.6 Å². The molecule has 152 valence electrons. The van der Waals surface area contributed by atoms with Crippen molar-refractivity contribution < 1.29 is 9.59 Å². The van der Waals surface area contributed by atoms with Crippen molar-refractivity contribution in [2.75, 3.05) is 13.1 Å². The van der Waals surface area contributed by atoms with Crippen molar-refractivity contribution in [3.8, 4) is 0 Å². The Labute approximate surface area is 173 Å². The largest absolute Gasteiger partial charge is 0.338 e. The Morgan fingerprint density at radius 1 is 1.00 bits per heavy atom. The van der Waals surface area contributed by atoms with Gasteiger partial charge in [0.25, 0.3) is 5.91 Å². The molecule has 1 aliphatic carbocycles. The standard InChI is InChI=1S/C25H30N2O2/c1-17-16-27(13-12-23(17)24(28)19-6-3-2-4-7-19)25(29)20-11-10-18-8-5-9-22(26)15-21(18)14-20/h2-4,6-7,10-11,14,17,22-23H,5,8-9,12-13,15-16,26H2,1H3. The van der Waals surface area contributed by atoms with E-state index in [2.05, 4.69) is 19.1 Å². The number of hydrogen-bond donors (Lipinski definition) is 1. The molecule has 29 heavy (non-hydrogen) atoms. The summed E-state index contributed by atoms with van der Waals surface area (Å²) in [4.78, 5) is 27.9. The average molecular weight is 391 g/mol. The highest BCUT2D eigenvalue weighted by molar-refractivity contribution is 5.98. The molecule has 0 saturated carbocycles. The summed E-state index contributed by atoms with van der Waals surface area (Å²) in [6.45, 7) is 3.34. The number of nitrogens with two attached hydrogens (primary N) is 1. The summed E-state index contributed by atoms with van der Waals surface area (Å²) in [6.07, 6.45) is 4.76. The lowest BCUT2D eigenvalue weighted by Gasteiger charge is -2.36. The minimum atomic E-state index is -0.0218. The molecule has 1 saturated heterocycles. The van der Waals surface area contributed by atoms with Gasteiger partial charge in [0.1, 0.15) is 0 Å². The highest BCUT2D eigenvalue weighted by atomic mass is 16.2. The van der Waals surface area contributed by atoms with Crippen LogP contribution in [-0.2, 0) is 12.8 Å². The molecule has 4 rings (SSSR count). The number of benzene rings is 2. The van der Waals surface area contributed by atoms with Gasteiger partial charge in [-0.15, -0.1) is 0 Å². The Morgan fingerprint density at radius 3 is 2.55 bits per heavy atom. The summed E-state index contributed by atoms with van der Waals surface area (Å²) in [5, 5.41) is 0. The van der Waals surface area contributed by atoms with Crippen molar-refractivity contribution in [1.29, 1.82) is 0 Å². The molecule has 1 amide bonds. The number of rotatable bonds is 3. The number of Topliss-reactive ketones (excluding diaryl/α,β-unsaturated/α-hetero) is 1. The van der Waals surface area contributed by atoms with Crippen LogP contribution in [0.2, 0.25) is 0 Å². The van der Waals surface area contributed by atoms with Crippen molar-refractivity contribution in [2.45, 2.75) is 45.1 Å². The number of carbonyl (C=O) groups is 2. The molecule has 2 aliphatic rings. The third-order valence-corrected chi connectivity index (χ3v) is 6.54. The number of hydrogen-bond acceptors (Lipinski definition) is 3. The fourth-order valence-electron chi connectivity index (χ4n) is 4.85. The van der Waals surface area contributed by atoms with E-state index in [1.165, 1.54) is 11.1 Å². The van der Waals surface area contributed by atoms with Crippen molar-refractivity contribution in [1.82, 2.24) is 4.90 Å². The molecule has 0 spiro atoms. The molecule has 0 aromatic heterocycles. The van der Waals surface area contributed by atoms with E-state index in [0.717, 1.165) is 43.2 Å². The molecular weight excluding hydrogens is 360 g/mol. The van der Waals surface area contributed by atoms with Crippen LogP contribution < -0.4 is 5.73 Å². The molecule has 0 radical (unpaired) electrons. The molecular formula is C25H30N2O2. The van der Waals surface area contributed by atoms with Crippen molar-refractivity contribution >= 4 is 11.7 Å². The summed E-state index contributed by atoms with van der Waals surface area (Å²) >= 11 is 0. The van der Waals surface area contributed by atoms with Gasteiger partial charge in [0.15, 0.2) is 5.78 Å². The zero-order valence-electron chi connectivity index (χ0n) is 17.1. The maximum atomic E-state index is 13.2. The third kappa shape index (κ3) is 4.27. The zero-order valence-corrected chi connectivity index (χ0v) is 17.1. The first-order chi connectivity index (χ1) is 14.0. The molecule has 2 aromatic carbocycles. The molecule has 1 aliphatic heterocycles. The number of piperidine rings is 1. The first kappa shape index (κ1) is 19.8. The van der Waals surface area contributed by atoms with Gasteiger partial charge in [-0.3, -0.25) is 9.59 Å². The highest BCUT2D eigenvalue weighted by Crippen LogP contribution is 2.29. The SMILES string of the molecule is CC1CN(C(=O)c2ccc3c(c2)CC(N)CCC3)CCC1C(=O)c1ccccc1. The lowest BCUT2D eigenvalue weighted by Crippen LogP contribution is -2.45. The quantitative estimate of drug-likeness (QED) is 0.639. The predicted molar refractivity (Wildman–Crippen MR) is 115 cm³/mol. The number of amides is 1. The van der Waals surface area contributed by atoms with Crippen LogP contribution in [0.5, 0.6) is 0 Å². The second-order valence-electron chi connectivity index (χ2n) is 8.69. The molecule has 2 N–H and O–H groups in total. The van der Waals surface area contributed by atoms with Gasteiger partial charge >= 0.3 is 0 Å². The fourth-order valence-corrected chi connectivity index (χ4v) is 4.85. The number of nitrogens with zero attached hydrogens (tertiary/aromatic N) is 1. The summed E-state index contributed by atoms with van der Waals surface area (Å²) in [5.41, 5.74) is 10.3. The normalized spacial score (nSPS) is 24.5. The predicted octanol–water partition coefficient (Wildman–Crippen LogP) is 3.87. The van der Waals surface area contributed by atoms with Gasteiger partial charge in [-0.05, 0) is 61.3 Å². The lowest BCUT2D eigenvalue weighted by molar-refractivity contribution is 0.0561. The van der Waals surface area contributed by atoms with Gasteiger partial charge in [-0.25, -0.2) is 0 Å². The second-order valence-corrected chi connectivity index (χ2v) is 8.69. The number of aryl methyl sites for hydroxylation is 1. The summed E-state index contributed by atoms with van der Waals surface area (Å²) in [7, 11) is 0. The minimum absolute atomic E-state index is 0.0218. The van der Waals surface area contributed by atoms with Gasteiger partial charge in [0.05, 0.1) is 0 Å². The van der Waals surface area contributed by atoms with Gasteiger partial charge in [0.2, 0.25) is 0 Å². The van der Waals surface area contributed by atoms with E-state index in [1.54, 1.807) is 0 Å². The Kier molecular flexibility index (Phi) is 5.81. The number of fused-ring (bicyclic) bond motifs is 1. The van der Waals surface area contributed by atoms with Crippen LogP contribution in [0.1, 0.15) is 58.0 Å². The van der Waals surface area contributed by atoms with Crippen LogP contribution in [-0.4, -0.2) is 35.7 Å². The molecule has 4 heteroatoms. The first-order valence-electron chi connectivity index (χ1n) is 10.8. The van der Waals surface area contributed by atoms with E-state index in [4.69, 9.17) is 5.73 Å². The van der Waals surface area contributed by atoms with Gasteiger partial charge in [-0.2, -0.15) is 0 Å². The Hall–Kier alpha value is -2.46. The summed E-state index contributed by atoms with van der Waals surface area (Å²) in [5.74, 6) is 0.397. The molecule has 1 heterocycles. The van der Waals surface area contributed by atoms with E-state index in [0.29, 0.717) is 13.1 Å². The van der Waals surface area contributed by atoms with Crippen LogP contribution in [0.25, 0.3) is 0 Å². The molecule has 4 nitrogen and oxygen atoms in total. The Balaban J connectivity index is 1.45. The maximum absolute atomic E-state index is 13.2. The third-order valence-electron chi connectivity index (χ3n) is 6.54. The topological polar surface area (TPSA) is 63.4 Å². The summed E-state index contributed by atoms with van der Waals surface area (Å²) < 4.78 is 0. The lowest BCUT2D eigenvalue weighted by atomic mass is 9.81. The van der Waals surface area contributed by atoms with Crippen LogP contribution in [0, 0.1) is 11.8 Å². The average Bonchev–Trinajstić information content (AvgIpc) is 2.93. The van der Waals surface area contributed by atoms with Crippen molar-refractivity contribution in [3.05, 3.63) is 70.8 Å². The number of likely N-dealkylation sites (tertiary alicyclic amines) is 1. The minimum Gasteiger partial charge on any atom is -0.338 e. The smallest absolute Gasteiger partial charge is 0.253 e. The Bertz CT molecular complexity index is 893. The van der Waals surface area contributed by atoms with E-state index in [1.807, 2.05) is 41.3 Å². The molecule has 3 unspecified atom stereocenters. The second kappa shape index (κ2) is 8.50. The Morgan fingerprint density at radius 2 is 1.79 bits per heavy atom. The molecule has 2 aromatic rings. The monoisotopic (exact) mass is 390 g/mol. The first-order valence-corrected chi connectivity index (χ1v) is 10.8. The van der Waals surface area contributed by atoms with E-state index < -0.39 is 0 Å². The maximum Gasteiger partial charge on any atom is 0.253 e. The van der Waals surface area contributed by atoms with E-state index in [9.17, 15) is 9.59 Å². The van der Waals surface area contributed by atoms with Gasteiger partial charge < -0.3 is 10.6 Å². The zero-order chi connectivity index (χ0) is 20.4.